The van der Waals surface area contributed by atoms with Gasteiger partial charge in [-0.15, -0.1) is 0 Å². The normalized spacial score (nSPS) is 14.6. The van der Waals surface area contributed by atoms with Gasteiger partial charge in [-0.2, -0.15) is 0 Å². The summed E-state index contributed by atoms with van der Waals surface area (Å²) in [6, 6.07) is 0. The first-order valence-electron chi connectivity index (χ1n) is 5.94. The summed E-state index contributed by atoms with van der Waals surface area (Å²) in [5.74, 6) is 0.536. The lowest BCUT2D eigenvalue weighted by Crippen LogP contribution is -1.94. The van der Waals surface area contributed by atoms with Gasteiger partial charge >= 0.3 is 0 Å². The van der Waals surface area contributed by atoms with E-state index in [1.54, 1.807) is 0 Å². The third-order valence-corrected chi connectivity index (χ3v) is 2.49. The van der Waals surface area contributed by atoms with E-state index in [0.29, 0.717) is 5.92 Å². The van der Waals surface area contributed by atoms with Gasteiger partial charge in [0.05, 0.1) is 0 Å². The highest BCUT2D eigenvalue weighted by Gasteiger charge is 2.01. The number of allylic oxidation sites excluding steroid dienone is 5. The fraction of sp³-hybridized carbons (Fsp3) is 0.533. The van der Waals surface area contributed by atoms with Crippen LogP contribution in [0, 0.1) is 5.92 Å². The molecule has 0 aromatic heterocycles. The highest BCUT2D eigenvalue weighted by molar-refractivity contribution is 5.93. The first-order valence-corrected chi connectivity index (χ1v) is 5.94. The van der Waals surface area contributed by atoms with Gasteiger partial charge in [0.2, 0.25) is 0 Å². The highest BCUT2D eigenvalue weighted by atomic mass is 14.7. The van der Waals surface area contributed by atoms with E-state index in [4.69, 9.17) is 0 Å². The molecule has 1 heteroatoms. The summed E-state index contributed by atoms with van der Waals surface area (Å²) in [5.41, 5.74) is 4.51. The van der Waals surface area contributed by atoms with Gasteiger partial charge in [-0.05, 0) is 52.2 Å². The first-order chi connectivity index (χ1) is 7.36. The van der Waals surface area contributed by atoms with E-state index in [2.05, 4.69) is 51.4 Å². The molecule has 0 saturated carbocycles. The summed E-state index contributed by atoms with van der Waals surface area (Å²) < 4.78 is 0. The Labute approximate surface area is 101 Å². The maximum Gasteiger partial charge on any atom is 0.0378 e. The molecule has 16 heavy (non-hydrogen) atoms. The second kappa shape index (κ2) is 7.21. The van der Waals surface area contributed by atoms with Crippen molar-refractivity contribution in [2.24, 2.45) is 10.9 Å². The van der Waals surface area contributed by atoms with E-state index in [0.717, 1.165) is 23.4 Å². The summed E-state index contributed by atoms with van der Waals surface area (Å²) >= 11 is 0. The summed E-state index contributed by atoms with van der Waals surface area (Å²) in [4.78, 5) is 4.51. The molecule has 0 N–H and O–H groups in total. The van der Waals surface area contributed by atoms with Crippen LogP contribution in [0.1, 0.15) is 48.0 Å². The van der Waals surface area contributed by atoms with Crippen LogP contribution in [0.2, 0.25) is 0 Å². The quantitative estimate of drug-likeness (QED) is 0.460. The Morgan fingerprint density at radius 2 is 1.75 bits per heavy atom. The number of rotatable bonds is 5. The van der Waals surface area contributed by atoms with E-state index in [1.165, 1.54) is 5.57 Å². The summed E-state index contributed by atoms with van der Waals surface area (Å²) in [6.45, 7) is 16.7. The Morgan fingerprint density at radius 3 is 2.19 bits per heavy atom. The molecule has 90 valence electrons. The Hall–Kier alpha value is -1.11. The maximum absolute atomic E-state index is 4.51. The van der Waals surface area contributed by atoms with Crippen molar-refractivity contribution in [3.05, 3.63) is 35.6 Å². The second-order valence-electron chi connectivity index (χ2n) is 4.64. The Kier molecular flexibility index (Phi) is 6.71. The minimum absolute atomic E-state index is 0.536. The average molecular weight is 219 g/mol. The molecule has 0 aliphatic carbocycles. The summed E-state index contributed by atoms with van der Waals surface area (Å²) in [5, 5.41) is 0. The molecule has 0 bridgehead atoms. The smallest absolute Gasteiger partial charge is 0.0378 e. The van der Waals surface area contributed by atoms with Crippen LogP contribution >= 0.6 is 0 Å². The molecule has 1 atom stereocenters. The molecule has 0 saturated heterocycles. The SMILES string of the molecule is C=C(/C=C(\C)N=C(C)C=C(C)C)C(C)CC. The fourth-order valence-electron chi connectivity index (χ4n) is 1.43. The molecule has 1 unspecified atom stereocenters. The molecule has 0 aliphatic rings. The number of nitrogens with zero attached hydrogens (tertiary/aromatic N) is 1. The van der Waals surface area contributed by atoms with Crippen LogP contribution in [-0.4, -0.2) is 5.71 Å². The van der Waals surface area contributed by atoms with Crippen molar-refractivity contribution >= 4 is 5.71 Å². The molecule has 0 aromatic rings. The van der Waals surface area contributed by atoms with Crippen LogP contribution < -0.4 is 0 Å². The van der Waals surface area contributed by atoms with Crippen LogP contribution in [0.25, 0.3) is 0 Å². The monoisotopic (exact) mass is 219 g/mol. The molecule has 0 aliphatic heterocycles. The van der Waals surface area contributed by atoms with Gasteiger partial charge in [-0.3, -0.25) is 4.99 Å². The number of aliphatic imine (C=N–C) groups is 1. The van der Waals surface area contributed by atoms with Crippen LogP contribution in [0.5, 0.6) is 0 Å². The lowest BCUT2D eigenvalue weighted by molar-refractivity contribution is 0.671. The minimum atomic E-state index is 0.536. The Balaban J connectivity index is 4.69. The average Bonchev–Trinajstić information content (AvgIpc) is 2.14. The van der Waals surface area contributed by atoms with E-state index < -0.39 is 0 Å². The van der Waals surface area contributed by atoms with Crippen LogP contribution in [0.4, 0.5) is 0 Å². The van der Waals surface area contributed by atoms with Crippen LogP contribution in [0.15, 0.2) is 40.6 Å². The van der Waals surface area contributed by atoms with Crippen molar-refractivity contribution in [1.29, 1.82) is 0 Å². The van der Waals surface area contributed by atoms with Gasteiger partial charge in [0.15, 0.2) is 0 Å². The van der Waals surface area contributed by atoms with Gasteiger partial charge in [-0.25, -0.2) is 0 Å². The van der Waals surface area contributed by atoms with Crippen molar-refractivity contribution in [2.45, 2.75) is 48.0 Å². The van der Waals surface area contributed by atoms with Crippen LogP contribution in [-0.2, 0) is 0 Å². The molecule has 0 aromatic carbocycles. The predicted molar refractivity (Wildman–Crippen MR) is 74.9 cm³/mol. The first kappa shape index (κ1) is 14.9. The zero-order chi connectivity index (χ0) is 12.7. The zero-order valence-corrected chi connectivity index (χ0v) is 11.6. The molecule has 0 fully saturated rings. The van der Waals surface area contributed by atoms with Crippen molar-refractivity contribution in [2.75, 3.05) is 0 Å². The predicted octanol–water partition coefficient (Wildman–Crippen LogP) is 4.92. The molecule has 0 spiro atoms. The van der Waals surface area contributed by atoms with Crippen molar-refractivity contribution < 1.29 is 0 Å². The summed E-state index contributed by atoms with van der Waals surface area (Å²) in [7, 11) is 0. The Morgan fingerprint density at radius 1 is 1.19 bits per heavy atom. The molecule has 1 nitrogen and oxygen atoms in total. The van der Waals surface area contributed by atoms with Gasteiger partial charge in [0.1, 0.15) is 0 Å². The lowest BCUT2D eigenvalue weighted by Gasteiger charge is -2.08. The minimum Gasteiger partial charge on any atom is -0.258 e. The maximum atomic E-state index is 4.51. The molecule has 0 heterocycles. The van der Waals surface area contributed by atoms with Crippen LogP contribution in [0.3, 0.4) is 0 Å². The van der Waals surface area contributed by atoms with E-state index >= 15 is 0 Å². The van der Waals surface area contributed by atoms with E-state index in [-0.39, 0.29) is 0 Å². The van der Waals surface area contributed by atoms with Crippen molar-refractivity contribution in [3.8, 4) is 0 Å². The Bertz CT molecular complexity index is 325. The fourth-order valence-corrected chi connectivity index (χ4v) is 1.43. The molecule has 0 radical (unpaired) electrons. The zero-order valence-electron chi connectivity index (χ0n) is 11.6. The molecular formula is C15H25N. The largest absolute Gasteiger partial charge is 0.258 e. The second-order valence-corrected chi connectivity index (χ2v) is 4.64. The molecule has 0 amide bonds. The third-order valence-electron chi connectivity index (χ3n) is 2.49. The standard InChI is InChI=1S/C15H25N/c1-8-12(4)13(5)10-15(7)16-14(6)9-11(2)3/h9-10,12H,5,8H2,1-4,6-7H3/b15-10+,16-14?. The highest BCUT2D eigenvalue weighted by Crippen LogP contribution is 2.15. The topological polar surface area (TPSA) is 12.4 Å². The van der Waals surface area contributed by atoms with Gasteiger partial charge in [-0.1, -0.05) is 31.6 Å². The van der Waals surface area contributed by atoms with Gasteiger partial charge in [0, 0.05) is 11.4 Å². The molecule has 0 rings (SSSR count). The van der Waals surface area contributed by atoms with Crippen molar-refractivity contribution in [3.63, 3.8) is 0 Å². The lowest BCUT2D eigenvalue weighted by atomic mass is 9.99. The van der Waals surface area contributed by atoms with Gasteiger partial charge in [0.25, 0.3) is 0 Å². The molecular weight excluding hydrogens is 194 g/mol. The third kappa shape index (κ3) is 6.39. The van der Waals surface area contributed by atoms with E-state index in [9.17, 15) is 0 Å². The van der Waals surface area contributed by atoms with E-state index in [1.807, 2.05) is 13.8 Å². The summed E-state index contributed by atoms with van der Waals surface area (Å²) in [6.07, 6.45) is 5.29. The number of hydrogen-bond acceptors (Lipinski definition) is 1. The van der Waals surface area contributed by atoms with Gasteiger partial charge < -0.3 is 0 Å². The number of hydrogen-bond donors (Lipinski definition) is 0. The van der Waals surface area contributed by atoms with Crippen molar-refractivity contribution in [1.82, 2.24) is 0 Å².